The van der Waals surface area contributed by atoms with Crippen LogP contribution in [0.25, 0.3) is 0 Å². The number of aliphatic hydroxyl groups is 1. The fourth-order valence-electron chi connectivity index (χ4n) is 2.95. The number of carbonyl (C=O) groups excluding carboxylic acids is 1. The molecule has 12 heteroatoms. The highest BCUT2D eigenvalue weighted by Crippen LogP contribution is 2.26. The van der Waals surface area contributed by atoms with Gasteiger partial charge in [0.1, 0.15) is 16.5 Å². The summed E-state index contributed by atoms with van der Waals surface area (Å²) in [6.45, 7) is -0.202. The summed E-state index contributed by atoms with van der Waals surface area (Å²) in [6.07, 6.45) is -0.457. The zero-order valence-electron chi connectivity index (χ0n) is 15.1. The number of carbonyl (C=O) groups is 1. The first-order valence-electron chi connectivity index (χ1n) is 8.64. The highest BCUT2D eigenvalue weighted by Gasteiger charge is 2.32. The fourth-order valence-corrected chi connectivity index (χ4v) is 4.49. The van der Waals surface area contributed by atoms with Gasteiger partial charge in [0.2, 0.25) is 10.0 Å². The zero-order chi connectivity index (χ0) is 22.2. The molecule has 0 aliphatic carbocycles. The molecule has 6 nitrogen and oxygen atoms in total. The van der Waals surface area contributed by atoms with E-state index in [1.807, 2.05) is 5.32 Å². The number of rotatable bonds is 4. The number of benzene rings is 2. The number of nitrogens with one attached hydrogen (secondary N) is 1. The van der Waals surface area contributed by atoms with Crippen molar-refractivity contribution >= 4 is 21.6 Å². The quantitative estimate of drug-likeness (QED) is 0.554. The Morgan fingerprint density at radius 1 is 0.933 bits per heavy atom. The second kappa shape index (κ2) is 8.28. The lowest BCUT2D eigenvalue weighted by Gasteiger charge is -2.29. The highest BCUT2D eigenvalue weighted by molar-refractivity contribution is 7.89. The lowest BCUT2D eigenvalue weighted by molar-refractivity contribution is 0.102. The van der Waals surface area contributed by atoms with Crippen molar-refractivity contribution in [2.45, 2.75) is 23.8 Å². The molecule has 2 aromatic rings. The maximum atomic E-state index is 14.2. The third kappa shape index (κ3) is 4.30. The van der Waals surface area contributed by atoms with Gasteiger partial charge in [-0.05, 0) is 18.9 Å². The topological polar surface area (TPSA) is 86.7 Å². The van der Waals surface area contributed by atoms with Gasteiger partial charge in [0.05, 0.1) is 11.7 Å². The Balaban J connectivity index is 1.94. The van der Waals surface area contributed by atoms with Crippen molar-refractivity contribution in [1.29, 1.82) is 0 Å². The molecule has 0 spiro atoms. The molecule has 162 valence electrons. The van der Waals surface area contributed by atoms with E-state index in [1.165, 1.54) is 0 Å². The minimum atomic E-state index is -4.45. The standard InChI is InChI=1S/C18H15F5N2O4S/c19-12-8-13(20)16(30(28,29)25-3-1-10(26)2-4-25)7-11(12)18(27)24-9-5-14(21)17(23)15(22)6-9/h5-8,10,26H,1-4H2,(H,24,27). The molecule has 1 saturated heterocycles. The van der Waals surface area contributed by atoms with E-state index in [2.05, 4.69) is 0 Å². The molecule has 1 fully saturated rings. The third-order valence-corrected chi connectivity index (χ3v) is 6.46. The molecule has 1 aliphatic heterocycles. The number of amides is 1. The number of anilines is 1. The Bertz CT molecular complexity index is 1080. The van der Waals surface area contributed by atoms with E-state index in [-0.39, 0.29) is 32.0 Å². The summed E-state index contributed by atoms with van der Waals surface area (Å²) in [5.74, 6) is -9.18. The van der Waals surface area contributed by atoms with Gasteiger partial charge in [-0.25, -0.2) is 30.4 Å². The molecule has 2 aromatic carbocycles. The van der Waals surface area contributed by atoms with Crippen LogP contribution in [0.3, 0.4) is 0 Å². The summed E-state index contributed by atoms with van der Waals surface area (Å²) in [7, 11) is -4.45. The summed E-state index contributed by atoms with van der Waals surface area (Å²) < 4.78 is 94.2. The smallest absolute Gasteiger partial charge is 0.258 e. The van der Waals surface area contributed by atoms with Crippen LogP contribution < -0.4 is 5.32 Å². The third-order valence-electron chi connectivity index (χ3n) is 4.55. The molecule has 0 radical (unpaired) electrons. The van der Waals surface area contributed by atoms with Crippen LogP contribution in [0.2, 0.25) is 0 Å². The summed E-state index contributed by atoms with van der Waals surface area (Å²) in [4.78, 5) is 11.3. The van der Waals surface area contributed by atoms with Gasteiger partial charge in [-0.1, -0.05) is 0 Å². The van der Waals surface area contributed by atoms with Gasteiger partial charge >= 0.3 is 0 Å². The van der Waals surface area contributed by atoms with E-state index in [9.17, 15) is 40.3 Å². The van der Waals surface area contributed by atoms with E-state index in [0.29, 0.717) is 18.2 Å². The number of piperidine rings is 1. The van der Waals surface area contributed by atoms with Gasteiger partial charge in [-0.3, -0.25) is 4.79 Å². The van der Waals surface area contributed by atoms with Crippen LogP contribution in [0, 0.1) is 29.1 Å². The van der Waals surface area contributed by atoms with Crippen LogP contribution in [-0.4, -0.2) is 42.9 Å². The van der Waals surface area contributed by atoms with E-state index in [1.54, 1.807) is 0 Å². The average Bonchev–Trinajstić information content (AvgIpc) is 2.66. The van der Waals surface area contributed by atoms with Gasteiger partial charge in [-0.15, -0.1) is 0 Å². The predicted octanol–water partition coefficient (Wildman–Crippen LogP) is 2.78. The Morgan fingerprint density at radius 2 is 1.50 bits per heavy atom. The first-order valence-corrected chi connectivity index (χ1v) is 10.1. The van der Waals surface area contributed by atoms with Gasteiger partial charge in [0.25, 0.3) is 5.91 Å². The van der Waals surface area contributed by atoms with Crippen molar-refractivity contribution in [3.05, 3.63) is 58.9 Å². The molecule has 0 aromatic heterocycles. The average molecular weight is 450 g/mol. The second-order valence-corrected chi connectivity index (χ2v) is 8.51. The van der Waals surface area contributed by atoms with E-state index < -0.39 is 67.3 Å². The Hall–Kier alpha value is -2.57. The first-order chi connectivity index (χ1) is 14.0. The predicted molar refractivity (Wildman–Crippen MR) is 94.6 cm³/mol. The molecule has 3 rings (SSSR count). The van der Waals surface area contributed by atoms with Crippen LogP contribution in [-0.2, 0) is 10.0 Å². The van der Waals surface area contributed by atoms with Gasteiger partial charge in [0.15, 0.2) is 17.5 Å². The lowest BCUT2D eigenvalue weighted by atomic mass is 10.1. The molecule has 1 amide bonds. The number of nitrogens with zero attached hydrogens (tertiary/aromatic N) is 1. The van der Waals surface area contributed by atoms with Gasteiger partial charge < -0.3 is 10.4 Å². The van der Waals surface area contributed by atoms with Crippen molar-refractivity contribution < 1.29 is 40.3 Å². The second-order valence-electron chi connectivity index (χ2n) is 6.61. The van der Waals surface area contributed by atoms with Gasteiger partial charge in [0, 0.05) is 37.0 Å². The Morgan fingerprint density at radius 3 is 2.07 bits per heavy atom. The van der Waals surface area contributed by atoms with Gasteiger partial charge in [-0.2, -0.15) is 4.31 Å². The summed E-state index contributed by atoms with van der Waals surface area (Å²) in [6, 6.07) is 1.55. The molecule has 2 N–H and O–H groups in total. The highest BCUT2D eigenvalue weighted by atomic mass is 32.2. The van der Waals surface area contributed by atoms with Crippen LogP contribution in [0.5, 0.6) is 0 Å². The summed E-state index contributed by atoms with van der Waals surface area (Å²) in [5, 5.41) is 11.4. The molecule has 0 unspecified atom stereocenters. The molecule has 1 heterocycles. The van der Waals surface area contributed by atoms with Crippen LogP contribution in [0.1, 0.15) is 23.2 Å². The van der Waals surface area contributed by atoms with Crippen LogP contribution >= 0.6 is 0 Å². The van der Waals surface area contributed by atoms with Crippen molar-refractivity contribution in [2.24, 2.45) is 0 Å². The minimum Gasteiger partial charge on any atom is -0.393 e. The van der Waals surface area contributed by atoms with Crippen molar-refractivity contribution in [3.63, 3.8) is 0 Å². The molecule has 1 aliphatic rings. The Kier molecular flexibility index (Phi) is 6.11. The molecular weight excluding hydrogens is 435 g/mol. The molecule has 0 bridgehead atoms. The molecule has 0 saturated carbocycles. The molecule has 0 atom stereocenters. The van der Waals surface area contributed by atoms with E-state index >= 15 is 0 Å². The fraction of sp³-hybridized carbons (Fsp3) is 0.278. The van der Waals surface area contributed by atoms with E-state index in [4.69, 9.17) is 0 Å². The SMILES string of the molecule is O=C(Nc1cc(F)c(F)c(F)c1)c1cc(S(=O)(=O)N2CCC(O)CC2)c(F)cc1F. The largest absolute Gasteiger partial charge is 0.393 e. The monoisotopic (exact) mass is 450 g/mol. The maximum Gasteiger partial charge on any atom is 0.258 e. The molecule has 30 heavy (non-hydrogen) atoms. The number of aliphatic hydroxyl groups excluding tert-OH is 1. The minimum absolute atomic E-state index is 0.101. The van der Waals surface area contributed by atoms with E-state index in [0.717, 1.165) is 4.31 Å². The number of hydrogen-bond donors (Lipinski definition) is 2. The number of sulfonamides is 1. The van der Waals surface area contributed by atoms with Crippen LogP contribution in [0.15, 0.2) is 29.2 Å². The first kappa shape index (κ1) is 22.1. The maximum absolute atomic E-state index is 14.2. The number of halogens is 5. The van der Waals surface area contributed by atoms with Crippen LogP contribution in [0.4, 0.5) is 27.6 Å². The normalized spacial score (nSPS) is 15.9. The van der Waals surface area contributed by atoms with Crippen molar-refractivity contribution in [2.75, 3.05) is 18.4 Å². The Labute approximate surface area is 168 Å². The summed E-state index contributed by atoms with van der Waals surface area (Å²) >= 11 is 0. The lowest BCUT2D eigenvalue weighted by Crippen LogP contribution is -2.40. The molecular formula is C18H15F5N2O4S. The summed E-state index contributed by atoms with van der Waals surface area (Å²) in [5.41, 5.74) is -1.47. The zero-order valence-corrected chi connectivity index (χ0v) is 15.9. The number of hydrogen-bond acceptors (Lipinski definition) is 4. The van der Waals surface area contributed by atoms with Crippen molar-refractivity contribution in [3.8, 4) is 0 Å². The van der Waals surface area contributed by atoms with Crippen molar-refractivity contribution in [1.82, 2.24) is 4.31 Å².